The molecule has 0 saturated carbocycles. The molecular formula is C15H19N5O3. The van der Waals surface area contributed by atoms with Crippen molar-refractivity contribution in [2.75, 3.05) is 13.1 Å². The minimum absolute atomic E-state index is 0.00838. The first-order valence-corrected chi connectivity index (χ1v) is 7.53. The number of carbonyl (C=O) groups is 2. The van der Waals surface area contributed by atoms with Crippen molar-refractivity contribution >= 4 is 11.8 Å². The molecule has 2 amide bonds. The lowest BCUT2D eigenvalue weighted by molar-refractivity contribution is 0.0637. The second-order valence-corrected chi connectivity index (χ2v) is 5.83. The summed E-state index contributed by atoms with van der Waals surface area (Å²) in [4.78, 5) is 29.4. The maximum Gasteiger partial charge on any atom is 0.289 e. The minimum atomic E-state index is -0.658. The molecule has 23 heavy (non-hydrogen) atoms. The second-order valence-electron chi connectivity index (χ2n) is 5.83. The van der Waals surface area contributed by atoms with Crippen LogP contribution < -0.4 is 5.73 Å². The highest BCUT2D eigenvalue weighted by Gasteiger charge is 2.29. The molecule has 0 spiro atoms. The molecule has 1 atom stereocenters. The Hall–Kier alpha value is -2.64. The standard InChI is InChI=1S/C15H19N5O3/c1-9-6-10(2)23-12(9)15(22)19-5-3-4-11(7-19)20-8-17-14(18-20)13(16)21/h6,8,11H,3-5,7H2,1-2H3,(H2,16,21)/t11-/m0/s1. The summed E-state index contributed by atoms with van der Waals surface area (Å²) in [7, 11) is 0. The lowest BCUT2D eigenvalue weighted by Gasteiger charge is -2.32. The van der Waals surface area contributed by atoms with Crippen molar-refractivity contribution in [3.05, 3.63) is 35.3 Å². The predicted octanol–water partition coefficient (Wildman–Crippen LogP) is 1.06. The summed E-state index contributed by atoms with van der Waals surface area (Å²) in [5.74, 6) is 0.331. The van der Waals surface area contributed by atoms with Crippen LogP contribution in [0.25, 0.3) is 0 Å². The van der Waals surface area contributed by atoms with Gasteiger partial charge < -0.3 is 15.1 Å². The molecule has 0 aromatic carbocycles. The summed E-state index contributed by atoms with van der Waals surface area (Å²) in [5.41, 5.74) is 6.01. The van der Waals surface area contributed by atoms with Gasteiger partial charge >= 0.3 is 0 Å². The highest BCUT2D eigenvalue weighted by Crippen LogP contribution is 2.24. The Morgan fingerprint density at radius 3 is 2.78 bits per heavy atom. The van der Waals surface area contributed by atoms with Crippen LogP contribution in [0.3, 0.4) is 0 Å². The summed E-state index contributed by atoms with van der Waals surface area (Å²) in [6.07, 6.45) is 3.20. The summed E-state index contributed by atoms with van der Waals surface area (Å²) >= 11 is 0. The van der Waals surface area contributed by atoms with E-state index in [1.54, 1.807) is 9.58 Å². The average molecular weight is 317 g/mol. The molecule has 122 valence electrons. The lowest BCUT2D eigenvalue weighted by Crippen LogP contribution is -2.41. The van der Waals surface area contributed by atoms with Crippen LogP contribution in [0, 0.1) is 13.8 Å². The van der Waals surface area contributed by atoms with Gasteiger partial charge in [-0.15, -0.1) is 5.10 Å². The summed E-state index contributed by atoms with van der Waals surface area (Å²) in [6, 6.07) is 1.83. The molecule has 3 rings (SSSR count). The number of hydrogen-bond acceptors (Lipinski definition) is 5. The number of hydrogen-bond donors (Lipinski definition) is 1. The molecule has 0 unspecified atom stereocenters. The van der Waals surface area contributed by atoms with Crippen molar-refractivity contribution in [3.63, 3.8) is 0 Å². The number of aromatic nitrogens is 3. The molecule has 0 radical (unpaired) electrons. The molecule has 1 fully saturated rings. The van der Waals surface area contributed by atoms with E-state index >= 15 is 0 Å². The number of nitrogens with zero attached hydrogens (tertiary/aromatic N) is 4. The summed E-state index contributed by atoms with van der Waals surface area (Å²) in [5, 5.41) is 4.09. The van der Waals surface area contributed by atoms with Crippen molar-refractivity contribution in [1.82, 2.24) is 19.7 Å². The van der Waals surface area contributed by atoms with Crippen molar-refractivity contribution in [2.24, 2.45) is 5.73 Å². The number of piperidine rings is 1. The maximum absolute atomic E-state index is 12.6. The number of likely N-dealkylation sites (tertiary alicyclic amines) is 1. The first-order chi connectivity index (χ1) is 11.0. The highest BCUT2D eigenvalue weighted by atomic mass is 16.4. The van der Waals surface area contributed by atoms with Crippen LogP contribution in [0.15, 0.2) is 16.8 Å². The molecular weight excluding hydrogens is 298 g/mol. The minimum Gasteiger partial charge on any atom is -0.456 e. The molecule has 1 aliphatic rings. The Labute approximate surface area is 133 Å². The normalized spacial score (nSPS) is 18.2. The lowest BCUT2D eigenvalue weighted by atomic mass is 10.1. The zero-order chi connectivity index (χ0) is 16.6. The molecule has 8 heteroatoms. The molecule has 0 bridgehead atoms. The Morgan fingerprint density at radius 1 is 1.39 bits per heavy atom. The van der Waals surface area contributed by atoms with Gasteiger partial charge in [0.1, 0.15) is 12.1 Å². The van der Waals surface area contributed by atoms with Crippen LogP contribution in [0.4, 0.5) is 0 Å². The SMILES string of the molecule is Cc1cc(C)c(C(=O)N2CCC[C@H](n3cnc(C(N)=O)n3)C2)o1. The molecule has 2 aromatic heterocycles. The van der Waals surface area contributed by atoms with E-state index in [0.717, 1.165) is 24.2 Å². The van der Waals surface area contributed by atoms with E-state index in [2.05, 4.69) is 10.1 Å². The van der Waals surface area contributed by atoms with Gasteiger partial charge in [-0.1, -0.05) is 0 Å². The number of aryl methyl sites for hydroxylation is 2. The quantitative estimate of drug-likeness (QED) is 0.911. The van der Waals surface area contributed by atoms with Crippen LogP contribution in [0.1, 0.15) is 51.4 Å². The fourth-order valence-electron chi connectivity index (χ4n) is 2.92. The van der Waals surface area contributed by atoms with Crippen LogP contribution in [-0.4, -0.2) is 44.6 Å². The fourth-order valence-corrected chi connectivity index (χ4v) is 2.92. The molecule has 1 saturated heterocycles. The van der Waals surface area contributed by atoms with Gasteiger partial charge in [-0.05, 0) is 32.8 Å². The monoisotopic (exact) mass is 317 g/mol. The van der Waals surface area contributed by atoms with Gasteiger partial charge in [0.15, 0.2) is 5.76 Å². The van der Waals surface area contributed by atoms with Gasteiger partial charge in [-0.25, -0.2) is 9.67 Å². The Balaban J connectivity index is 1.76. The van der Waals surface area contributed by atoms with E-state index in [1.165, 1.54) is 6.33 Å². The predicted molar refractivity (Wildman–Crippen MR) is 80.9 cm³/mol. The largest absolute Gasteiger partial charge is 0.456 e. The zero-order valence-electron chi connectivity index (χ0n) is 13.2. The molecule has 3 heterocycles. The third kappa shape index (κ3) is 2.96. The molecule has 2 aromatic rings. The molecule has 0 aliphatic carbocycles. The van der Waals surface area contributed by atoms with Gasteiger partial charge in [0, 0.05) is 18.7 Å². The van der Waals surface area contributed by atoms with Crippen molar-refractivity contribution in [2.45, 2.75) is 32.7 Å². The first kappa shape index (κ1) is 15.3. The number of nitrogens with two attached hydrogens (primary N) is 1. The second kappa shape index (κ2) is 5.86. The number of carbonyl (C=O) groups excluding carboxylic acids is 2. The maximum atomic E-state index is 12.6. The van der Waals surface area contributed by atoms with Gasteiger partial charge in [0.2, 0.25) is 5.82 Å². The number of amides is 2. The van der Waals surface area contributed by atoms with E-state index < -0.39 is 5.91 Å². The van der Waals surface area contributed by atoms with Crippen molar-refractivity contribution < 1.29 is 14.0 Å². The first-order valence-electron chi connectivity index (χ1n) is 7.53. The fraction of sp³-hybridized carbons (Fsp3) is 0.467. The highest BCUT2D eigenvalue weighted by molar-refractivity contribution is 5.93. The van der Waals surface area contributed by atoms with Gasteiger partial charge in [0.25, 0.3) is 11.8 Å². The Bertz CT molecular complexity index is 748. The van der Waals surface area contributed by atoms with Crippen molar-refractivity contribution in [1.29, 1.82) is 0 Å². The van der Waals surface area contributed by atoms with Crippen LogP contribution in [0.5, 0.6) is 0 Å². The molecule has 1 aliphatic heterocycles. The van der Waals surface area contributed by atoms with Crippen molar-refractivity contribution in [3.8, 4) is 0 Å². The topological polar surface area (TPSA) is 107 Å². The van der Waals surface area contributed by atoms with Gasteiger partial charge in [-0.3, -0.25) is 9.59 Å². The van der Waals surface area contributed by atoms with Crippen LogP contribution in [0.2, 0.25) is 0 Å². The number of furan rings is 1. The Morgan fingerprint density at radius 2 is 2.17 bits per heavy atom. The zero-order valence-corrected chi connectivity index (χ0v) is 13.2. The average Bonchev–Trinajstić information content (AvgIpc) is 3.13. The molecule has 2 N–H and O–H groups in total. The van der Waals surface area contributed by atoms with Gasteiger partial charge in [0.05, 0.1) is 6.04 Å². The summed E-state index contributed by atoms with van der Waals surface area (Å²) < 4.78 is 7.13. The number of rotatable bonds is 3. The van der Waals surface area contributed by atoms with Gasteiger partial charge in [-0.2, -0.15) is 0 Å². The van der Waals surface area contributed by atoms with E-state index in [0.29, 0.717) is 18.8 Å². The van der Waals surface area contributed by atoms with Crippen LogP contribution in [-0.2, 0) is 0 Å². The third-order valence-corrected chi connectivity index (χ3v) is 4.02. The van der Waals surface area contributed by atoms with E-state index in [1.807, 2.05) is 19.9 Å². The van der Waals surface area contributed by atoms with Crippen LogP contribution >= 0.6 is 0 Å². The van der Waals surface area contributed by atoms with E-state index in [9.17, 15) is 9.59 Å². The molecule has 8 nitrogen and oxygen atoms in total. The third-order valence-electron chi connectivity index (χ3n) is 4.02. The number of primary amides is 1. The smallest absolute Gasteiger partial charge is 0.289 e. The summed E-state index contributed by atoms with van der Waals surface area (Å²) in [6.45, 7) is 4.86. The Kier molecular flexibility index (Phi) is 3.89. The van der Waals surface area contributed by atoms with E-state index in [4.69, 9.17) is 10.2 Å². The van der Waals surface area contributed by atoms with E-state index in [-0.39, 0.29) is 17.8 Å².